The zero-order chi connectivity index (χ0) is 14.7. The number of hydrogen-bond acceptors (Lipinski definition) is 2. The molecule has 1 aromatic carbocycles. The Hall–Kier alpha value is -2.31. The minimum absolute atomic E-state index is 0.343. The maximum absolute atomic E-state index is 8.89. The molecule has 3 aromatic rings. The van der Waals surface area contributed by atoms with Crippen LogP contribution in [0, 0.1) is 11.3 Å². The molecular weight excluding hydrogens is 282 g/mol. The van der Waals surface area contributed by atoms with Crippen molar-refractivity contribution in [1.29, 1.82) is 5.26 Å². The smallest absolute Gasteiger partial charge is 0.0858 e. The third-order valence-corrected chi connectivity index (χ3v) is 3.83. The number of hydrogen-bond donors (Lipinski definition) is 0. The maximum Gasteiger partial charge on any atom is 0.0858 e. The van der Waals surface area contributed by atoms with Crippen molar-refractivity contribution in [2.24, 2.45) is 0 Å². The van der Waals surface area contributed by atoms with Gasteiger partial charge in [0.05, 0.1) is 28.7 Å². The predicted octanol–water partition coefficient (Wildman–Crippen LogP) is 3.84. The van der Waals surface area contributed by atoms with Gasteiger partial charge in [0.25, 0.3) is 0 Å². The highest BCUT2D eigenvalue weighted by atomic mass is 35.5. The van der Waals surface area contributed by atoms with Crippen molar-refractivity contribution in [3.63, 3.8) is 0 Å². The summed E-state index contributed by atoms with van der Waals surface area (Å²) in [5.41, 5.74) is 4.07. The Balaban J connectivity index is 1.94. The van der Waals surface area contributed by atoms with Crippen LogP contribution in [0.25, 0.3) is 5.52 Å². The van der Waals surface area contributed by atoms with E-state index in [2.05, 4.69) is 23.2 Å². The van der Waals surface area contributed by atoms with Gasteiger partial charge in [-0.2, -0.15) is 5.26 Å². The second-order valence-electron chi connectivity index (χ2n) is 4.90. The molecule has 4 heteroatoms. The fraction of sp³-hybridized carbons (Fsp3) is 0.176. The molecule has 0 spiro atoms. The van der Waals surface area contributed by atoms with Crippen LogP contribution in [-0.4, -0.2) is 9.38 Å². The first-order chi connectivity index (χ1) is 10.3. The third kappa shape index (κ3) is 2.76. The van der Waals surface area contributed by atoms with Gasteiger partial charge in [0.1, 0.15) is 0 Å². The fourth-order valence-corrected chi connectivity index (χ4v) is 2.87. The first kappa shape index (κ1) is 13.7. The van der Waals surface area contributed by atoms with Gasteiger partial charge in [-0.15, -0.1) is 0 Å². The van der Waals surface area contributed by atoms with Crippen molar-refractivity contribution in [3.05, 3.63) is 70.8 Å². The summed E-state index contributed by atoms with van der Waals surface area (Å²) in [6.07, 6.45) is 5.72. The van der Waals surface area contributed by atoms with Gasteiger partial charge in [-0.05, 0) is 24.5 Å². The fourth-order valence-electron chi connectivity index (χ4n) is 2.55. The number of nitriles is 1. The largest absolute Gasteiger partial charge is 0.315 e. The van der Waals surface area contributed by atoms with Gasteiger partial charge < -0.3 is 4.40 Å². The molecule has 3 nitrogen and oxygen atoms in total. The SMILES string of the molecule is N#CCc1cc(Cl)c2c(CCc3ccccc3)nccn12. The Kier molecular flexibility index (Phi) is 3.89. The molecule has 3 rings (SSSR count). The molecule has 0 amide bonds. The van der Waals surface area contributed by atoms with E-state index in [0.717, 1.165) is 29.7 Å². The Morgan fingerprint density at radius 1 is 1.19 bits per heavy atom. The molecular formula is C17H14ClN3. The normalized spacial score (nSPS) is 10.7. The second kappa shape index (κ2) is 5.99. The number of fused-ring (bicyclic) bond motifs is 1. The summed E-state index contributed by atoms with van der Waals surface area (Å²) in [6, 6.07) is 14.3. The van der Waals surface area contributed by atoms with Gasteiger partial charge in [0, 0.05) is 18.1 Å². The van der Waals surface area contributed by atoms with Crippen molar-refractivity contribution in [1.82, 2.24) is 9.38 Å². The van der Waals surface area contributed by atoms with Gasteiger partial charge >= 0.3 is 0 Å². The highest BCUT2D eigenvalue weighted by Crippen LogP contribution is 2.25. The molecule has 0 aliphatic heterocycles. The lowest BCUT2D eigenvalue weighted by Crippen LogP contribution is -2.00. The van der Waals surface area contributed by atoms with Crippen molar-refractivity contribution < 1.29 is 0 Å². The number of benzene rings is 1. The Bertz CT molecular complexity index is 800. The maximum atomic E-state index is 8.89. The van der Waals surface area contributed by atoms with Crippen LogP contribution in [0.5, 0.6) is 0 Å². The molecule has 0 fully saturated rings. The van der Waals surface area contributed by atoms with Crippen LogP contribution < -0.4 is 0 Å². The number of aryl methyl sites for hydroxylation is 2. The first-order valence-corrected chi connectivity index (χ1v) is 7.21. The molecule has 0 aliphatic rings. The van der Waals surface area contributed by atoms with Crippen LogP contribution in [-0.2, 0) is 19.3 Å². The van der Waals surface area contributed by atoms with Crippen molar-refractivity contribution in [2.45, 2.75) is 19.3 Å². The summed E-state index contributed by atoms with van der Waals surface area (Å²) in [7, 11) is 0. The Morgan fingerprint density at radius 3 is 2.76 bits per heavy atom. The highest BCUT2D eigenvalue weighted by Gasteiger charge is 2.12. The van der Waals surface area contributed by atoms with Crippen molar-refractivity contribution in [2.75, 3.05) is 0 Å². The van der Waals surface area contributed by atoms with E-state index in [1.807, 2.05) is 34.9 Å². The molecule has 0 radical (unpaired) electrons. The van der Waals surface area contributed by atoms with Gasteiger partial charge in [-0.1, -0.05) is 41.9 Å². The van der Waals surface area contributed by atoms with Crippen molar-refractivity contribution in [3.8, 4) is 6.07 Å². The summed E-state index contributed by atoms with van der Waals surface area (Å²) >= 11 is 6.33. The monoisotopic (exact) mass is 295 g/mol. The van der Waals surface area contributed by atoms with Gasteiger partial charge in [-0.3, -0.25) is 4.98 Å². The second-order valence-corrected chi connectivity index (χ2v) is 5.30. The molecule has 0 atom stereocenters. The highest BCUT2D eigenvalue weighted by molar-refractivity contribution is 6.34. The van der Waals surface area contributed by atoms with Crippen LogP contribution in [0.15, 0.2) is 48.8 Å². The average molecular weight is 296 g/mol. The zero-order valence-corrected chi connectivity index (χ0v) is 12.2. The van der Waals surface area contributed by atoms with E-state index in [-0.39, 0.29) is 0 Å². The standard InChI is InChI=1S/C17H14ClN3/c18-15-12-14(8-9-19)21-11-10-20-16(17(15)21)7-6-13-4-2-1-3-5-13/h1-5,10-12H,6-8H2. The van der Waals surface area contributed by atoms with E-state index < -0.39 is 0 Å². The molecule has 0 saturated carbocycles. The average Bonchev–Trinajstić information content (AvgIpc) is 2.84. The molecule has 2 aromatic heterocycles. The quantitative estimate of drug-likeness (QED) is 0.734. The molecule has 0 N–H and O–H groups in total. The predicted molar refractivity (Wildman–Crippen MR) is 83.4 cm³/mol. The van der Waals surface area contributed by atoms with E-state index in [1.54, 1.807) is 6.20 Å². The molecule has 2 heterocycles. The van der Waals surface area contributed by atoms with Crippen LogP contribution in [0.3, 0.4) is 0 Å². The Labute approximate surface area is 128 Å². The van der Waals surface area contributed by atoms with Crippen molar-refractivity contribution >= 4 is 17.1 Å². The summed E-state index contributed by atoms with van der Waals surface area (Å²) in [5.74, 6) is 0. The van der Waals surface area contributed by atoms with Gasteiger partial charge in [0.15, 0.2) is 0 Å². The summed E-state index contributed by atoms with van der Waals surface area (Å²) in [4.78, 5) is 4.47. The first-order valence-electron chi connectivity index (χ1n) is 6.84. The van der Waals surface area contributed by atoms with Crippen LogP contribution in [0.2, 0.25) is 5.02 Å². The summed E-state index contributed by atoms with van der Waals surface area (Å²) < 4.78 is 1.97. The van der Waals surface area contributed by atoms with Crippen LogP contribution in [0.4, 0.5) is 0 Å². The van der Waals surface area contributed by atoms with Gasteiger partial charge in [-0.25, -0.2) is 0 Å². The topological polar surface area (TPSA) is 41.1 Å². The van der Waals surface area contributed by atoms with Gasteiger partial charge in [0.2, 0.25) is 0 Å². The van der Waals surface area contributed by atoms with E-state index in [9.17, 15) is 0 Å². The van der Waals surface area contributed by atoms with Crippen LogP contribution in [0.1, 0.15) is 17.0 Å². The molecule has 104 valence electrons. The molecule has 0 saturated heterocycles. The minimum atomic E-state index is 0.343. The molecule has 0 aliphatic carbocycles. The number of aromatic nitrogens is 2. The summed E-state index contributed by atoms with van der Waals surface area (Å²) in [6.45, 7) is 0. The molecule has 0 bridgehead atoms. The minimum Gasteiger partial charge on any atom is -0.315 e. The Morgan fingerprint density at radius 2 is 2.00 bits per heavy atom. The summed E-state index contributed by atoms with van der Waals surface area (Å²) in [5, 5.41) is 9.55. The lowest BCUT2D eigenvalue weighted by molar-refractivity contribution is 0.900. The number of halogens is 1. The third-order valence-electron chi connectivity index (χ3n) is 3.54. The molecule has 0 unspecified atom stereocenters. The lowest BCUT2D eigenvalue weighted by Gasteiger charge is -2.06. The number of nitrogens with zero attached hydrogens (tertiary/aromatic N) is 3. The van der Waals surface area contributed by atoms with Crippen LogP contribution >= 0.6 is 11.6 Å². The lowest BCUT2D eigenvalue weighted by atomic mass is 10.1. The molecule has 21 heavy (non-hydrogen) atoms. The van der Waals surface area contributed by atoms with E-state index in [0.29, 0.717) is 11.4 Å². The van der Waals surface area contributed by atoms with E-state index in [4.69, 9.17) is 16.9 Å². The van der Waals surface area contributed by atoms with E-state index in [1.165, 1.54) is 5.56 Å². The van der Waals surface area contributed by atoms with E-state index >= 15 is 0 Å². The number of rotatable bonds is 4. The zero-order valence-electron chi connectivity index (χ0n) is 11.5.